The zero-order valence-electron chi connectivity index (χ0n) is 23.0. The molecule has 1 fully saturated rings. The van der Waals surface area contributed by atoms with E-state index in [1.807, 2.05) is 48.5 Å². The van der Waals surface area contributed by atoms with E-state index in [4.69, 9.17) is 14.3 Å². The highest BCUT2D eigenvalue weighted by molar-refractivity contribution is 5.94. The Hall–Kier alpha value is -3.16. The first-order valence-corrected chi connectivity index (χ1v) is 14.4. The van der Waals surface area contributed by atoms with Gasteiger partial charge in [-0.15, -0.1) is 0 Å². The monoisotopic (exact) mass is 534 g/mol. The predicted molar refractivity (Wildman–Crippen MR) is 153 cm³/mol. The molecule has 210 valence electrons. The zero-order chi connectivity index (χ0) is 27.3. The van der Waals surface area contributed by atoms with Crippen LogP contribution in [0.15, 0.2) is 66.3 Å². The van der Waals surface area contributed by atoms with Crippen LogP contribution in [0.1, 0.15) is 71.1 Å². The van der Waals surface area contributed by atoms with Crippen LogP contribution in [0.3, 0.4) is 0 Å². The molecule has 3 atom stereocenters. The van der Waals surface area contributed by atoms with Gasteiger partial charge in [0.1, 0.15) is 12.4 Å². The van der Waals surface area contributed by atoms with E-state index < -0.39 is 0 Å². The maximum absolute atomic E-state index is 13.3. The van der Waals surface area contributed by atoms with Crippen LogP contribution in [0, 0.1) is 5.92 Å². The number of hydrogen-bond donors (Lipinski definition) is 2. The van der Waals surface area contributed by atoms with E-state index in [-0.39, 0.29) is 30.8 Å². The smallest absolute Gasteiger partial charge is 0.250 e. The first kappa shape index (κ1) is 28.8. The van der Waals surface area contributed by atoms with Crippen molar-refractivity contribution in [2.24, 2.45) is 5.92 Å². The number of unbranched alkanes of at least 4 members (excludes halogenated alkanes) is 2. The highest BCUT2D eigenvalue weighted by Gasteiger charge is 2.21. The summed E-state index contributed by atoms with van der Waals surface area (Å²) in [6.45, 7) is 2.92. The highest BCUT2D eigenvalue weighted by atomic mass is 16.8. The predicted octanol–water partition coefficient (Wildman–Crippen LogP) is 6.14. The molecule has 0 bridgehead atoms. The van der Waals surface area contributed by atoms with Gasteiger partial charge in [0.05, 0.1) is 5.57 Å². The first-order valence-electron chi connectivity index (χ1n) is 14.4. The van der Waals surface area contributed by atoms with Gasteiger partial charge in [0.2, 0.25) is 5.91 Å². The summed E-state index contributed by atoms with van der Waals surface area (Å²) in [5.41, 5.74) is 3.12. The molecule has 0 radical (unpaired) electrons. The lowest BCUT2D eigenvalue weighted by atomic mass is 9.90. The van der Waals surface area contributed by atoms with Crippen LogP contribution in [0.25, 0.3) is 10.8 Å². The third-order valence-corrected chi connectivity index (χ3v) is 7.41. The molecule has 2 amide bonds. The fourth-order valence-electron chi connectivity index (χ4n) is 5.05. The molecular weight excluding hydrogens is 492 g/mol. The number of benzene rings is 2. The van der Waals surface area contributed by atoms with Gasteiger partial charge >= 0.3 is 0 Å². The van der Waals surface area contributed by atoms with E-state index in [2.05, 4.69) is 29.9 Å². The summed E-state index contributed by atoms with van der Waals surface area (Å²) in [6, 6.07) is 14.1. The number of nitrogens with one attached hydrogen (secondary N) is 2. The number of carbonyl (C=O) groups excluding carboxylic acids is 2. The first-order chi connectivity index (χ1) is 19.1. The van der Waals surface area contributed by atoms with Gasteiger partial charge in [-0.05, 0) is 75.7 Å². The number of fused-ring (bicyclic) bond motifs is 1. The van der Waals surface area contributed by atoms with Crippen molar-refractivity contribution < 1.29 is 23.9 Å². The van der Waals surface area contributed by atoms with Crippen molar-refractivity contribution in [2.45, 2.75) is 83.5 Å². The molecule has 7 nitrogen and oxygen atoms in total. The van der Waals surface area contributed by atoms with E-state index in [9.17, 15) is 9.59 Å². The normalized spacial score (nSPS) is 20.4. The molecule has 2 aliphatic rings. The van der Waals surface area contributed by atoms with Gasteiger partial charge in [-0.25, -0.2) is 10.3 Å². The van der Waals surface area contributed by atoms with Gasteiger partial charge in [-0.3, -0.25) is 9.59 Å². The summed E-state index contributed by atoms with van der Waals surface area (Å²) in [4.78, 5) is 30.8. The highest BCUT2D eigenvalue weighted by Crippen LogP contribution is 2.26. The second-order valence-corrected chi connectivity index (χ2v) is 10.5. The molecule has 2 N–H and O–H groups in total. The van der Waals surface area contributed by atoms with Gasteiger partial charge in [-0.2, -0.15) is 0 Å². The maximum atomic E-state index is 13.3. The zero-order valence-corrected chi connectivity index (χ0v) is 23.0. The van der Waals surface area contributed by atoms with Gasteiger partial charge in [-0.1, -0.05) is 54.6 Å². The maximum Gasteiger partial charge on any atom is 0.250 e. The van der Waals surface area contributed by atoms with Crippen molar-refractivity contribution in [3.63, 3.8) is 0 Å². The van der Waals surface area contributed by atoms with Crippen LogP contribution < -0.4 is 15.5 Å². The number of ether oxygens (including phenoxy) is 2. The van der Waals surface area contributed by atoms with Crippen LogP contribution in [0.4, 0.5) is 0 Å². The molecule has 1 saturated heterocycles. The van der Waals surface area contributed by atoms with E-state index >= 15 is 0 Å². The molecule has 7 heteroatoms. The van der Waals surface area contributed by atoms with Gasteiger partial charge in [0.15, 0.2) is 6.29 Å². The molecule has 1 heterocycles. The minimum Gasteiger partial charge on any atom is -0.488 e. The lowest BCUT2D eigenvalue weighted by molar-refractivity contribution is -0.200. The van der Waals surface area contributed by atoms with Gasteiger partial charge in [0.25, 0.3) is 5.91 Å². The van der Waals surface area contributed by atoms with E-state index in [1.165, 1.54) is 0 Å². The van der Waals surface area contributed by atoms with Crippen molar-refractivity contribution in [1.29, 1.82) is 0 Å². The van der Waals surface area contributed by atoms with Crippen molar-refractivity contribution >= 4 is 22.6 Å². The number of hydrogen-bond acceptors (Lipinski definition) is 5. The molecule has 0 aromatic heterocycles. The van der Waals surface area contributed by atoms with Crippen molar-refractivity contribution in [2.75, 3.05) is 13.2 Å². The number of amides is 2. The Morgan fingerprint density at radius 2 is 1.95 bits per heavy atom. The summed E-state index contributed by atoms with van der Waals surface area (Å²) in [5.74, 6) is 0.858. The Kier molecular flexibility index (Phi) is 11.4. The Labute approximate surface area is 231 Å². The fraction of sp³-hybridized carbons (Fsp3) is 0.500. The summed E-state index contributed by atoms with van der Waals surface area (Å²) in [5, 5.41) is 5.32. The second-order valence-electron chi connectivity index (χ2n) is 10.5. The van der Waals surface area contributed by atoms with Crippen LogP contribution in [-0.4, -0.2) is 37.4 Å². The standard InChI is InChI=1S/C32H42N2O5/c1-24(25-13-4-2-5-14-25)33-32(36)27(23-38-29-19-12-17-26-15-8-9-18-28(26)29)16-6-3-7-20-30(35)34-39-31-21-10-11-22-37-31/h4,8-9,12-13,15-19,24-25,31H,2-3,5-7,10-11,14,20-23H2,1H3,(H,33,36)(H,34,35). The summed E-state index contributed by atoms with van der Waals surface area (Å²) in [6.07, 6.45) is 14.8. The quantitative estimate of drug-likeness (QED) is 0.140. The van der Waals surface area contributed by atoms with E-state index in [0.717, 1.165) is 61.5 Å². The Morgan fingerprint density at radius 1 is 1.08 bits per heavy atom. The van der Waals surface area contributed by atoms with Crippen molar-refractivity contribution in [3.8, 4) is 5.75 Å². The van der Waals surface area contributed by atoms with E-state index in [0.29, 0.717) is 37.4 Å². The lowest BCUT2D eigenvalue weighted by Crippen LogP contribution is -2.39. The van der Waals surface area contributed by atoms with Crippen molar-refractivity contribution in [1.82, 2.24) is 10.8 Å². The van der Waals surface area contributed by atoms with Crippen molar-refractivity contribution in [3.05, 3.63) is 66.3 Å². The molecule has 0 spiro atoms. The molecule has 2 aromatic rings. The molecule has 0 saturated carbocycles. The number of rotatable bonds is 13. The Balaban J connectivity index is 1.30. The van der Waals surface area contributed by atoms with Crippen LogP contribution in [-0.2, 0) is 19.2 Å². The summed E-state index contributed by atoms with van der Waals surface area (Å²) < 4.78 is 11.6. The number of carbonyl (C=O) groups is 2. The van der Waals surface area contributed by atoms with Gasteiger partial charge in [0, 0.05) is 30.9 Å². The largest absolute Gasteiger partial charge is 0.488 e. The molecule has 3 unspecified atom stereocenters. The SMILES string of the molecule is CC(NC(=O)C(=CCCCCC(=O)NOC1CCCCO1)COc1cccc2ccccc12)C1C=CCCC1. The topological polar surface area (TPSA) is 85.9 Å². The Morgan fingerprint density at radius 3 is 2.77 bits per heavy atom. The average molecular weight is 535 g/mol. The Bertz CT molecular complexity index is 1130. The third-order valence-electron chi connectivity index (χ3n) is 7.41. The van der Waals surface area contributed by atoms with Gasteiger partial charge < -0.3 is 14.8 Å². The minimum atomic E-state index is -0.347. The summed E-state index contributed by atoms with van der Waals surface area (Å²) >= 11 is 0. The van der Waals surface area contributed by atoms with Crippen LogP contribution in [0.2, 0.25) is 0 Å². The van der Waals surface area contributed by atoms with E-state index in [1.54, 1.807) is 0 Å². The molecular formula is C32H42N2O5. The molecule has 4 rings (SSSR count). The van der Waals surface area contributed by atoms with Crippen LogP contribution >= 0.6 is 0 Å². The molecule has 2 aromatic carbocycles. The lowest BCUT2D eigenvalue weighted by Gasteiger charge is -2.25. The molecule has 1 aliphatic carbocycles. The van der Waals surface area contributed by atoms with Crippen LogP contribution in [0.5, 0.6) is 5.75 Å². The second kappa shape index (κ2) is 15.4. The molecule has 1 aliphatic heterocycles. The molecule has 39 heavy (non-hydrogen) atoms. The minimum absolute atomic E-state index is 0.0480. The number of hydroxylamine groups is 1. The summed E-state index contributed by atoms with van der Waals surface area (Å²) in [7, 11) is 0. The average Bonchev–Trinajstić information content (AvgIpc) is 2.98. The number of allylic oxidation sites excluding steroid dienone is 2. The fourth-order valence-corrected chi connectivity index (χ4v) is 5.05. The third kappa shape index (κ3) is 9.22.